The number of amides is 1. The molecule has 0 saturated carbocycles. The van der Waals surface area contributed by atoms with Crippen molar-refractivity contribution in [2.24, 2.45) is 12.8 Å². The topological polar surface area (TPSA) is 95.2 Å². The van der Waals surface area contributed by atoms with Crippen LogP contribution in [0, 0.1) is 13.8 Å². The number of phenolic OH excluding ortho intramolecular Hbond substituents is 1. The number of hydrogen-bond acceptors (Lipinski definition) is 3. The molecule has 4 rings (SSSR count). The Kier molecular flexibility index (Phi) is 6.20. The van der Waals surface area contributed by atoms with Crippen molar-refractivity contribution in [3.8, 4) is 22.6 Å². The number of aromatic hydroxyl groups is 1. The Morgan fingerprint density at radius 3 is 2.21 bits per heavy atom. The van der Waals surface area contributed by atoms with Crippen LogP contribution in [0.15, 0.2) is 59.4 Å². The van der Waals surface area contributed by atoms with Crippen molar-refractivity contribution in [1.82, 2.24) is 13.9 Å². The Balaban J connectivity index is 1.90. The summed E-state index contributed by atoms with van der Waals surface area (Å²) < 4.78 is 5.54. The highest BCUT2D eigenvalue weighted by atomic mass is 16.3. The fraction of sp³-hybridized carbons (Fsp3) is 0.259. The predicted octanol–water partition coefficient (Wildman–Crippen LogP) is 3.87. The van der Waals surface area contributed by atoms with Gasteiger partial charge in [-0.3, -0.25) is 14.3 Å². The van der Waals surface area contributed by atoms with Gasteiger partial charge in [-0.1, -0.05) is 37.3 Å². The summed E-state index contributed by atoms with van der Waals surface area (Å²) in [4.78, 5) is 26.4. The zero-order valence-electron chi connectivity index (χ0n) is 20.0. The summed E-state index contributed by atoms with van der Waals surface area (Å²) >= 11 is 0. The average molecular weight is 459 g/mol. The summed E-state index contributed by atoms with van der Waals surface area (Å²) in [5.74, 6) is -0.317. The molecule has 1 amide bonds. The van der Waals surface area contributed by atoms with Crippen LogP contribution in [0.2, 0.25) is 0 Å². The van der Waals surface area contributed by atoms with Crippen LogP contribution >= 0.6 is 0 Å². The van der Waals surface area contributed by atoms with E-state index in [-0.39, 0.29) is 11.3 Å². The maximum Gasteiger partial charge on any atom is 0.279 e. The fourth-order valence-corrected chi connectivity index (χ4v) is 4.80. The molecule has 7 nitrogen and oxygen atoms in total. The van der Waals surface area contributed by atoms with Gasteiger partial charge in [-0.2, -0.15) is 0 Å². The second-order valence-electron chi connectivity index (χ2n) is 8.50. The number of aryl methyl sites for hydroxylation is 1. The third-order valence-electron chi connectivity index (χ3n) is 6.58. The highest BCUT2D eigenvalue weighted by Crippen LogP contribution is 2.34. The zero-order chi connectivity index (χ0) is 24.6. The van der Waals surface area contributed by atoms with E-state index in [1.54, 1.807) is 16.8 Å². The molecule has 34 heavy (non-hydrogen) atoms. The lowest BCUT2D eigenvalue weighted by Gasteiger charge is -2.12. The van der Waals surface area contributed by atoms with Crippen molar-refractivity contribution in [1.29, 1.82) is 0 Å². The lowest BCUT2D eigenvalue weighted by atomic mass is 9.99. The highest BCUT2D eigenvalue weighted by Gasteiger charge is 2.29. The Hall–Kier alpha value is -4.00. The first-order valence-electron chi connectivity index (χ1n) is 11.4. The van der Waals surface area contributed by atoms with Crippen molar-refractivity contribution in [2.75, 3.05) is 0 Å². The Morgan fingerprint density at radius 2 is 1.62 bits per heavy atom. The predicted molar refractivity (Wildman–Crippen MR) is 134 cm³/mol. The molecule has 2 aromatic carbocycles. The summed E-state index contributed by atoms with van der Waals surface area (Å²) in [6.07, 6.45) is 1.35. The Labute approximate surface area is 198 Å². The van der Waals surface area contributed by atoms with Crippen molar-refractivity contribution in [3.05, 3.63) is 93.2 Å². The molecule has 0 aliphatic heterocycles. The molecule has 0 saturated heterocycles. The molecule has 4 aromatic rings. The molecular formula is C27H30N4O3. The summed E-state index contributed by atoms with van der Waals surface area (Å²) in [6.45, 7) is 6.42. The molecule has 0 aliphatic carbocycles. The van der Waals surface area contributed by atoms with Crippen LogP contribution < -0.4 is 11.3 Å². The molecule has 0 spiro atoms. The SMILES string of the molecule is CCc1c(-c2c(C)n(C)n(-c3ccccc3)c2=O)c(C(N)=O)c(C)n1CCc1ccc(O)cc1. The van der Waals surface area contributed by atoms with Crippen LogP contribution in [0.3, 0.4) is 0 Å². The first kappa shape index (κ1) is 23.2. The molecule has 2 heterocycles. The van der Waals surface area contributed by atoms with Gasteiger partial charge in [-0.15, -0.1) is 0 Å². The van der Waals surface area contributed by atoms with E-state index in [2.05, 4.69) is 4.57 Å². The normalized spacial score (nSPS) is 11.2. The minimum absolute atomic E-state index is 0.181. The van der Waals surface area contributed by atoms with E-state index in [1.807, 2.05) is 75.0 Å². The van der Waals surface area contributed by atoms with Gasteiger partial charge in [-0.05, 0) is 56.5 Å². The molecule has 3 N–H and O–H groups in total. The summed E-state index contributed by atoms with van der Waals surface area (Å²) in [7, 11) is 1.84. The summed E-state index contributed by atoms with van der Waals surface area (Å²) in [6, 6.07) is 16.5. The van der Waals surface area contributed by atoms with E-state index in [9.17, 15) is 14.7 Å². The number of hydrogen-bond donors (Lipinski definition) is 2. The van der Waals surface area contributed by atoms with Crippen molar-refractivity contribution >= 4 is 5.91 Å². The molecular weight excluding hydrogens is 428 g/mol. The summed E-state index contributed by atoms with van der Waals surface area (Å²) in [5.41, 5.74) is 11.5. The number of primary amides is 1. The lowest BCUT2D eigenvalue weighted by molar-refractivity contribution is 0.1000. The van der Waals surface area contributed by atoms with E-state index in [0.29, 0.717) is 36.1 Å². The van der Waals surface area contributed by atoms with Crippen molar-refractivity contribution in [3.63, 3.8) is 0 Å². The first-order chi connectivity index (χ1) is 16.3. The number of rotatable bonds is 7. The first-order valence-corrected chi connectivity index (χ1v) is 11.4. The van der Waals surface area contributed by atoms with Gasteiger partial charge in [0.1, 0.15) is 5.75 Å². The van der Waals surface area contributed by atoms with Crippen LogP contribution in [-0.2, 0) is 26.4 Å². The summed E-state index contributed by atoms with van der Waals surface area (Å²) in [5, 5.41) is 9.56. The van der Waals surface area contributed by atoms with E-state index in [4.69, 9.17) is 5.73 Å². The van der Waals surface area contributed by atoms with Crippen LogP contribution in [0.25, 0.3) is 16.8 Å². The van der Waals surface area contributed by atoms with Gasteiger partial charge in [0.2, 0.25) is 0 Å². The van der Waals surface area contributed by atoms with Gasteiger partial charge < -0.3 is 15.4 Å². The number of phenols is 1. The number of benzene rings is 2. The average Bonchev–Trinajstić information content (AvgIpc) is 3.22. The molecule has 0 unspecified atom stereocenters. The van der Waals surface area contributed by atoms with E-state index in [1.165, 1.54) is 0 Å². The number of nitrogens with zero attached hydrogens (tertiary/aromatic N) is 3. The van der Waals surface area contributed by atoms with Crippen LogP contribution in [0.1, 0.15) is 39.9 Å². The molecule has 0 aliphatic rings. The van der Waals surface area contributed by atoms with Crippen LogP contribution in [-0.4, -0.2) is 24.9 Å². The molecule has 0 atom stereocenters. The van der Waals surface area contributed by atoms with E-state index in [0.717, 1.165) is 28.3 Å². The molecule has 7 heteroatoms. The lowest BCUT2D eigenvalue weighted by Crippen LogP contribution is -2.20. The maximum absolute atomic E-state index is 13.7. The van der Waals surface area contributed by atoms with E-state index >= 15 is 0 Å². The monoisotopic (exact) mass is 458 g/mol. The van der Waals surface area contributed by atoms with Gasteiger partial charge in [0.15, 0.2) is 0 Å². The number of para-hydroxylation sites is 1. The molecule has 0 fully saturated rings. The Morgan fingerprint density at radius 1 is 0.971 bits per heavy atom. The molecule has 2 aromatic heterocycles. The zero-order valence-corrected chi connectivity index (χ0v) is 20.0. The number of nitrogens with two attached hydrogens (primary N) is 1. The molecule has 0 radical (unpaired) electrons. The number of aromatic nitrogens is 3. The van der Waals surface area contributed by atoms with Crippen molar-refractivity contribution in [2.45, 2.75) is 40.2 Å². The largest absolute Gasteiger partial charge is 0.508 e. The minimum atomic E-state index is -0.542. The number of carbonyl (C=O) groups excluding carboxylic acids is 1. The smallest absolute Gasteiger partial charge is 0.279 e. The van der Waals surface area contributed by atoms with Gasteiger partial charge in [-0.25, -0.2) is 4.68 Å². The minimum Gasteiger partial charge on any atom is -0.508 e. The van der Waals surface area contributed by atoms with Crippen LogP contribution in [0.4, 0.5) is 0 Å². The fourth-order valence-electron chi connectivity index (χ4n) is 4.80. The third kappa shape index (κ3) is 3.83. The quantitative estimate of drug-likeness (QED) is 0.440. The molecule has 176 valence electrons. The molecule has 0 bridgehead atoms. The van der Waals surface area contributed by atoms with Gasteiger partial charge in [0.25, 0.3) is 11.5 Å². The van der Waals surface area contributed by atoms with Gasteiger partial charge in [0.05, 0.1) is 16.8 Å². The Bertz CT molecular complexity index is 1410. The second-order valence-corrected chi connectivity index (χ2v) is 8.50. The van der Waals surface area contributed by atoms with Crippen molar-refractivity contribution < 1.29 is 9.90 Å². The number of carbonyl (C=O) groups is 1. The van der Waals surface area contributed by atoms with Gasteiger partial charge in [0, 0.05) is 36.2 Å². The van der Waals surface area contributed by atoms with Crippen LogP contribution in [0.5, 0.6) is 5.75 Å². The third-order valence-corrected chi connectivity index (χ3v) is 6.58. The van der Waals surface area contributed by atoms with E-state index < -0.39 is 5.91 Å². The van der Waals surface area contributed by atoms with Gasteiger partial charge >= 0.3 is 0 Å². The highest BCUT2D eigenvalue weighted by molar-refractivity contribution is 6.02. The maximum atomic E-state index is 13.7. The standard InChI is InChI=1S/C27H30N4O3/c1-5-22-25(24-17(2)29(4)31(27(24)34)20-9-7-6-8-10-20)23(26(28)33)18(3)30(22)16-15-19-11-13-21(32)14-12-19/h6-14,32H,5,15-16H2,1-4H3,(H2,28,33). The second kappa shape index (κ2) is 9.09.